The highest BCUT2D eigenvalue weighted by Gasteiger charge is 2.19. The second-order valence-electron chi connectivity index (χ2n) is 4.57. The van der Waals surface area contributed by atoms with Gasteiger partial charge >= 0.3 is 5.97 Å². The van der Waals surface area contributed by atoms with E-state index in [1.54, 1.807) is 37.1 Å². The van der Waals surface area contributed by atoms with Crippen LogP contribution in [0.2, 0.25) is 0 Å². The van der Waals surface area contributed by atoms with Gasteiger partial charge in [-0.25, -0.2) is 9.78 Å². The monoisotopic (exact) mass is 297 g/mol. The quantitative estimate of drug-likeness (QED) is 0.692. The van der Waals surface area contributed by atoms with Crippen LogP contribution in [-0.2, 0) is 4.74 Å². The maximum absolute atomic E-state index is 12.2. The molecule has 3 rings (SSSR count). The largest absolute Gasteiger partial charge is 0.497 e. The first-order chi connectivity index (χ1) is 10.7. The number of fused-ring (bicyclic) bond motifs is 1. The fraction of sp³-hybridized carbons (Fsp3) is 0.188. The highest BCUT2D eigenvalue weighted by atomic mass is 16.5. The van der Waals surface area contributed by atoms with E-state index in [1.807, 2.05) is 24.3 Å². The molecule has 0 spiro atoms. The predicted octanol–water partition coefficient (Wildman–Crippen LogP) is 2.56. The first kappa shape index (κ1) is 14.1. The second-order valence-corrected chi connectivity index (χ2v) is 4.57. The van der Waals surface area contributed by atoms with Gasteiger partial charge in [-0.05, 0) is 37.3 Å². The van der Waals surface area contributed by atoms with Crippen molar-refractivity contribution < 1.29 is 14.3 Å². The number of esters is 1. The summed E-state index contributed by atoms with van der Waals surface area (Å²) in [4.78, 5) is 20.8. The van der Waals surface area contributed by atoms with Gasteiger partial charge in [-0.3, -0.25) is 9.55 Å². The lowest BCUT2D eigenvalue weighted by molar-refractivity contribution is 0.0508. The van der Waals surface area contributed by atoms with Crippen LogP contribution >= 0.6 is 0 Å². The molecule has 0 aromatic heterocycles. The van der Waals surface area contributed by atoms with E-state index in [2.05, 4.69) is 9.97 Å². The molecular weight excluding hydrogens is 282 g/mol. The van der Waals surface area contributed by atoms with E-state index in [0.717, 1.165) is 11.4 Å². The van der Waals surface area contributed by atoms with Gasteiger partial charge in [0.05, 0.1) is 19.4 Å². The van der Waals surface area contributed by atoms with Crippen molar-refractivity contribution in [3.05, 3.63) is 48.5 Å². The lowest BCUT2D eigenvalue weighted by atomic mass is 10.2. The predicted molar refractivity (Wildman–Crippen MR) is 80.5 cm³/mol. The molecule has 1 aromatic carbocycles. The molecule has 6 nitrogen and oxygen atoms in total. The third-order valence-electron chi connectivity index (χ3n) is 3.22. The van der Waals surface area contributed by atoms with Crippen LogP contribution in [0.25, 0.3) is 17.1 Å². The lowest BCUT2D eigenvalue weighted by Crippen LogP contribution is -2.17. The first-order valence-electron chi connectivity index (χ1n) is 6.88. The molecule has 0 amide bonds. The standard InChI is InChI=1S/C16H15N3O3/c1-3-22-16(20)15-18-13-8-9-17-14(13)10-19(15)11-4-6-12(21-2)7-5-11/h4-10H,3H2,1-2H3. The molecule has 2 aliphatic heterocycles. The molecule has 112 valence electrons. The minimum Gasteiger partial charge on any atom is -0.497 e. The van der Waals surface area contributed by atoms with Crippen LogP contribution in [0.1, 0.15) is 17.5 Å². The van der Waals surface area contributed by atoms with E-state index in [0.29, 0.717) is 18.0 Å². The number of carbonyl (C=O) groups excluding carboxylic acids is 1. The Labute approximate surface area is 127 Å². The van der Waals surface area contributed by atoms with Crippen molar-refractivity contribution in [2.75, 3.05) is 13.7 Å². The highest BCUT2D eigenvalue weighted by Crippen LogP contribution is 2.22. The van der Waals surface area contributed by atoms with Crippen molar-refractivity contribution in [1.82, 2.24) is 14.5 Å². The third kappa shape index (κ3) is 2.50. The number of methoxy groups -OCH3 is 1. The minimum absolute atomic E-state index is 0.215. The Morgan fingerprint density at radius 3 is 2.64 bits per heavy atom. The summed E-state index contributed by atoms with van der Waals surface area (Å²) in [6.45, 7) is 2.05. The molecule has 0 atom stereocenters. The zero-order valence-corrected chi connectivity index (χ0v) is 12.3. The fourth-order valence-electron chi connectivity index (χ4n) is 2.16. The summed E-state index contributed by atoms with van der Waals surface area (Å²) >= 11 is 0. The molecule has 0 saturated carbocycles. The number of hydrogen-bond donors (Lipinski definition) is 0. The summed E-state index contributed by atoms with van der Waals surface area (Å²) in [5, 5.41) is 0. The number of hydrogen-bond acceptors (Lipinski definition) is 5. The van der Waals surface area contributed by atoms with Gasteiger partial charge in [-0.1, -0.05) is 0 Å². The van der Waals surface area contributed by atoms with Crippen LogP contribution in [0.4, 0.5) is 0 Å². The van der Waals surface area contributed by atoms with Gasteiger partial charge in [0.15, 0.2) is 0 Å². The van der Waals surface area contributed by atoms with Gasteiger partial charge in [-0.2, -0.15) is 0 Å². The van der Waals surface area contributed by atoms with Gasteiger partial charge in [-0.15, -0.1) is 0 Å². The van der Waals surface area contributed by atoms with E-state index in [1.165, 1.54) is 0 Å². The molecule has 0 saturated heterocycles. The van der Waals surface area contributed by atoms with Gasteiger partial charge in [0.1, 0.15) is 11.4 Å². The SMILES string of the molecule is CCOC(=O)c1nc2ccnc-2cn1-c1ccc(OC)cc1. The van der Waals surface area contributed by atoms with E-state index in [4.69, 9.17) is 9.47 Å². The number of aromatic nitrogens is 3. The van der Waals surface area contributed by atoms with Crippen LogP contribution in [0.3, 0.4) is 0 Å². The Morgan fingerprint density at radius 2 is 1.95 bits per heavy atom. The maximum Gasteiger partial charge on any atom is 0.374 e. The molecule has 2 heterocycles. The van der Waals surface area contributed by atoms with Gasteiger partial charge in [0.2, 0.25) is 5.82 Å². The van der Waals surface area contributed by atoms with Crippen molar-refractivity contribution in [2.24, 2.45) is 0 Å². The van der Waals surface area contributed by atoms with Crippen molar-refractivity contribution in [1.29, 1.82) is 0 Å². The molecule has 1 aromatic rings. The Bertz CT molecular complexity index is 765. The van der Waals surface area contributed by atoms with Crippen molar-refractivity contribution in [2.45, 2.75) is 6.92 Å². The van der Waals surface area contributed by atoms with Crippen LogP contribution in [0.15, 0.2) is 42.7 Å². The average molecular weight is 297 g/mol. The van der Waals surface area contributed by atoms with Gasteiger partial charge in [0, 0.05) is 18.1 Å². The molecule has 22 heavy (non-hydrogen) atoms. The third-order valence-corrected chi connectivity index (χ3v) is 3.22. The fourth-order valence-corrected chi connectivity index (χ4v) is 2.16. The molecule has 0 bridgehead atoms. The summed E-state index contributed by atoms with van der Waals surface area (Å²) in [7, 11) is 1.60. The Hall–Kier alpha value is -2.89. The minimum atomic E-state index is -0.471. The molecule has 0 unspecified atom stereocenters. The number of rotatable bonds is 4. The normalized spacial score (nSPS) is 10.6. The average Bonchev–Trinajstić information content (AvgIpc) is 3.01. The Balaban J connectivity index is 2.14. The Kier molecular flexibility index (Phi) is 3.74. The molecule has 2 aliphatic rings. The number of carbonyl (C=O) groups is 1. The highest BCUT2D eigenvalue weighted by molar-refractivity contribution is 5.87. The smallest absolute Gasteiger partial charge is 0.374 e. The molecule has 0 fully saturated rings. The zero-order valence-electron chi connectivity index (χ0n) is 12.3. The number of nitrogens with zero attached hydrogens (tertiary/aromatic N) is 3. The van der Waals surface area contributed by atoms with Gasteiger partial charge in [0.25, 0.3) is 0 Å². The number of ether oxygens (including phenoxy) is 2. The molecular formula is C16H15N3O3. The number of benzene rings is 1. The lowest BCUT2D eigenvalue weighted by Gasteiger charge is -2.14. The van der Waals surface area contributed by atoms with E-state index in [-0.39, 0.29) is 5.82 Å². The van der Waals surface area contributed by atoms with E-state index < -0.39 is 5.97 Å². The van der Waals surface area contributed by atoms with Gasteiger partial charge < -0.3 is 9.47 Å². The summed E-state index contributed by atoms with van der Waals surface area (Å²) in [5.74, 6) is 0.483. The van der Waals surface area contributed by atoms with Crippen molar-refractivity contribution in [3.63, 3.8) is 0 Å². The maximum atomic E-state index is 12.2. The first-order valence-corrected chi connectivity index (χ1v) is 6.88. The molecule has 6 heteroatoms. The van der Waals surface area contributed by atoms with E-state index in [9.17, 15) is 4.79 Å². The summed E-state index contributed by atoms with van der Waals surface area (Å²) in [6, 6.07) is 9.09. The summed E-state index contributed by atoms with van der Waals surface area (Å²) in [5.41, 5.74) is 2.15. The molecule has 0 aliphatic carbocycles. The molecule has 0 radical (unpaired) electrons. The van der Waals surface area contributed by atoms with Crippen LogP contribution in [-0.4, -0.2) is 34.2 Å². The second kappa shape index (κ2) is 5.85. The summed E-state index contributed by atoms with van der Waals surface area (Å²) in [6.07, 6.45) is 3.43. The van der Waals surface area contributed by atoms with E-state index >= 15 is 0 Å². The summed E-state index contributed by atoms with van der Waals surface area (Å²) < 4.78 is 11.9. The molecule has 0 N–H and O–H groups in total. The van der Waals surface area contributed by atoms with Crippen molar-refractivity contribution in [3.8, 4) is 22.8 Å². The van der Waals surface area contributed by atoms with Crippen LogP contribution in [0.5, 0.6) is 5.75 Å². The van der Waals surface area contributed by atoms with Crippen molar-refractivity contribution >= 4 is 5.97 Å². The van der Waals surface area contributed by atoms with Crippen LogP contribution < -0.4 is 4.74 Å². The van der Waals surface area contributed by atoms with Crippen LogP contribution in [0, 0.1) is 0 Å². The Morgan fingerprint density at radius 1 is 1.18 bits per heavy atom. The zero-order chi connectivity index (χ0) is 15.5. The topological polar surface area (TPSA) is 66.2 Å².